The van der Waals surface area contributed by atoms with Crippen molar-refractivity contribution >= 4 is 5.97 Å². The molecule has 0 spiro atoms. The molecule has 0 aliphatic carbocycles. The molecule has 0 saturated heterocycles. The predicted molar refractivity (Wildman–Crippen MR) is 48.4 cm³/mol. The first-order chi connectivity index (χ1) is 7.47. The number of rotatable bonds is 4. The van der Waals surface area contributed by atoms with Gasteiger partial charge < -0.3 is 10.8 Å². The van der Waals surface area contributed by atoms with Gasteiger partial charge in [0.25, 0.3) is 6.43 Å². The number of pyridine rings is 1. The van der Waals surface area contributed by atoms with Crippen molar-refractivity contribution in [2.45, 2.75) is 19.4 Å². The first-order valence-corrected chi connectivity index (χ1v) is 4.33. The summed E-state index contributed by atoms with van der Waals surface area (Å²) in [5.74, 6) is -2.42. The van der Waals surface area contributed by atoms with Crippen LogP contribution >= 0.6 is 0 Å². The fraction of sp³-hybridized carbons (Fsp3) is 0.333. The van der Waals surface area contributed by atoms with Crippen LogP contribution in [0.15, 0.2) is 6.20 Å². The summed E-state index contributed by atoms with van der Waals surface area (Å²) in [5, 5.41) is 8.49. The summed E-state index contributed by atoms with van der Waals surface area (Å²) < 4.78 is 38.4. The Morgan fingerprint density at radius 2 is 2.19 bits per heavy atom. The lowest BCUT2D eigenvalue weighted by molar-refractivity contribution is -0.136. The molecule has 0 aliphatic heterocycles. The number of halogens is 3. The van der Waals surface area contributed by atoms with Crippen molar-refractivity contribution in [3.8, 4) is 0 Å². The van der Waals surface area contributed by atoms with Crippen LogP contribution in [-0.4, -0.2) is 16.1 Å². The molecule has 0 atom stereocenters. The molecule has 1 heterocycles. The molecule has 16 heavy (non-hydrogen) atoms. The molecule has 0 fully saturated rings. The average Bonchev–Trinajstić information content (AvgIpc) is 2.19. The molecule has 0 aromatic carbocycles. The van der Waals surface area contributed by atoms with Crippen molar-refractivity contribution in [3.05, 3.63) is 28.8 Å². The molecule has 0 aliphatic rings. The number of carbonyl (C=O) groups is 1. The van der Waals surface area contributed by atoms with Gasteiger partial charge in [0.05, 0.1) is 6.42 Å². The Kier molecular flexibility index (Phi) is 3.83. The number of carboxylic acid groups (broad SMARTS) is 1. The highest BCUT2D eigenvalue weighted by Crippen LogP contribution is 2.24. The molecule has 0 unspecified atom stereocenters. The normalized spacial score (nSPS) is 10.8. The highest BCUT2D eigenvalue weighted by Gasteiger charge is 2.22. The van der Waals surface area contributed by atoms with E-state index in [1.807, 2.05) is 0 Å². The Bertz CT molecular complexity index is 410. The molecule has 1 aromatic heterocycles. The highest BCUT2D eigenvalue weighted by atomic mass is 19.3. The van der Waals surface area contributed by atoms with Gasteiger partial charge in [0.1, 0.15) is 11.5 Å². The van der Waals surface area contributed by atoms with Crippen LogP contribution in [0, 0.1) is 5.82 Å². The van der Waals surface area contributed by atoms with Crippen molar-refractivity contribution in [3.63, 3.8) is 0 Å². The quantitative estimate of drug-likeness (QED) is 0.821. The molecular formula is C9H9F3N2O2. The largest absolute Gasteiger partial charge is 0.481 e. The van der Waals surface area contributed by atoms with E-state index in [1.54, 1.807) is 0 Å². The van der Waals surface area contributed by atoms with Crippen LogP contribution in [0.3, 0.4) is 0 Å². The van der Waals surface area contributed by atoms with Gasteiger partial charge >= 0.3 is 5.97 Å². The molecular weight excluding hydrogens is 225 g/mol. The molecule has 0 saturated carbocycles. The lowest BCUT2D eigenvalue weighted by atomic mass is 10.1. The van der Waals surface area contributed by atoms with Gasteiger partial charge in [-0.15, -0.1) is 0 Å². The Balaban J connectivity index is 3.30. The summed E-state index contributed by atoms with van der Waals surface area (Å²) in [6.45, 7) is -0.227. The van der Waals surface area contributed by atoms with E-state index in [4.69, 9.17) is 10.8 Å². The van der Waals surface area contributed by atoms with Gasteiger partial charge in [-0.1, -0.05) is 0 Å². The molecule has 1 aromatic rings. The molecule has 0 radical (unpaired) electrons. The van der Waals surface area contributed by atoms with Crippen molar-refractivity contribution in [1.29, 1.82) is 0 Å². The second-order valence-corrected chi connectivity index (χ2v) is 3.04. The molecule has 88 valence electrons. The average molecular weight is 234 g/mol. The van der Waals surface area contributed by atoms with E-state index in [0.717, 1.165) is 6.20 Å². The number of aromatic nitrogens is 1. The van der Waals surface area contributed by atoms with E-state index >= 15 is 0 Å². The van der Waals surface area contributed by atoms with E-state index < -0.39 is 35.9 Å². The third-order valence-electron chi connectivity index (χ3n) is 1.97. The van der Waals surface area contributed by atoms with E-state index in [9.17, 15) is 18.0 Å². The number of nitrogens with zero attached hydrogens (tertiary/aromatic N) is 1. The van der Waals surface area contributed by atoms with Gasteiger partial charge in [-0.3, -0.25) is 9.78 Å². The predicted octanol–water partition coefficient (Wildman–Crippen LogP) is 1.24. The molecule has 0 amide bonds. The Labute approximate surface area is 88.9 Å². The van der Waals surface area contributed by atoms with Gasteiger partial charge in [-0.25, -0.2) is 13.2 Å². The second-order valence-electron chi connectivity index (χ2n) is 3.04. The maximum absolute atomic E-state index is 13.5. The minimum atomic E-state index is -3.02. The van der Waals surface area contributed by atoms with Gasteiger partial charge in [0.15, 0.2) is 0 Å². The van der Waals surface area contributed by atoms with Crippen molar-refractivity contribution in [2.24, 2.45) is 5.73 Å². The monoisotopic (exact) mass is 234 g/mol. The topological polar surface area (TPSA) is 76.2 Å². The molecule has 7 heteroatoms. The van der Waals surface area contributed by atoms with Crippen LogP contribution in [0.4, 0.5) is 13.2 Å². The van der Waals surface area contributed by atoms with E-state index in [0.29, 0.717) is 0 Å². The summed E-state index contributed by atoms with van der Waals surface area (Å²) in [7, 11) is 0. The Morgan fingerprint density at radius 3 is 2.62 bits per heavy atom. The smallest absolute Gasteiger partial charge is 0.308 e. The summed E-state index contributed by atoms with van der Waals surface area (Å²) in [4.78, 5) is 13.8. The zero-order valence-corrected chi connectivity index (χ0v) is 8.08. The first-order valence-electron chi connectivity index (χ1n) is 4.33. The van der Waals surface area contributed by atoms with Gasteiger partial charge in [0.2, 0.25) is 0 Å². The lowest BCUT2D eigenvalue weighted by Crippen LogP contribution is -2.12. The number of hydrogen-bond donors (Lipinski definition) is 2. The van der Waals surface area contributed by atoms with Gasteiger partial charge in [-0.2, -0.15) is 0 Å². The maximum Gasteiger partial charge on any atom is 0.308 e. The minimum Gasteiger partial charge on any atom is -0.481 e. The van der Waals surface area contributed by atoms with E-state index in [1.165, 1.54) is 0 Å². The third kappa shape index (κ3) is 2.48. The number of hydrogen-bond acceptors (Lipinski definition) is 3. The van der Waals surface area contributed by atoms with E-state index in [2.05, 4.69) is 4.98 Å². The molecule has 3 N–H and O–H groups in total. The van der Waals surface area contributed by atoms with E-state index in [-0.39, 0.29) is 12.1 Å². The van der Waals surface area contributed by atoms with Crippen LogP contribution in [0.2, 0.25) is 0 Å². The first kappa shape index (κ1) is 12.4. The van der Waals surface area contributed by atoms with Crippen LogP contribution in [0.1, 0.15) is 23.2 Å². The number of alkyl halides is 2. The maximum atomic E-state index is 13.5. The molecule has 0 bridgehead atoms. The van der Waals surface area contributed by atoms with Gasteiger partial charge in [-0.05, 0) is 0 Å². The van der Waals surface area contributed by atoms with Crippen molar-refractivity contribution in [1.82, 2.24) is 4.98 Å². The summed E-state index contributed by atoms with van der Waals surface area (Å²) >= 11 is 0. The van der Waals surface area contributed by atoms with Crippen molar-refractivity contribution < 1.29 is 23.1 Å². The summed E-state index contributed by atoms with van der Waals surface area (Å²) in [5.41, 5.74) is 3.62. The zero-order valence-electron chi connectivity index (χ0n) is 8.08. The number of carboxylic acids is 1. The van der Waals surface area contributed by atoms with Gasteiger partial charge in [0, 0.05) is 23.9 Å². The zero-order chi connectivity index (χ0) is 12.3. The third-order valence-corrected chi connectivity index (χ3v) is 1.97. The summed E-state index contributed by atoms with van der Waals surface area (Å²) in [6, 6.07) is 0. The van der Waals surface area contributed by atoms with Crippen molar-refractivity contribution in [2.75, 3.05) is 0 Å². The molecule has 4 nitrogen and oxygen atoms in total. The lowest BCUT2D eigenvalue weighted by Gasteiger charge is -2.09. The van der Waals surface area contributed by atoms with Crippen LogP contribution in [0.25, 0.3) is 0 Å². The number of aliphatic carboxylic acids is 1. The Morgan fingerprint density at radius 1 is 1.56 bits per heavy atom. The standard InChI is InChI=1S/C9H9F3N2O2/c10-7-4(2-13)3-14-8(9(11)12)5(7)1-6(15)16/h3,9H,1-2,13H2,(H,15,16). The molecule has 1 rings (SSSR count). The Hall–Kier alpha value is -1.63. The summed E-state index contributed by atoms with van der Waals surface area (Å²) in [6.07, 6.45) is -2.97. The highest BCUT2D eigenvalue weighted by molar-refractivity contribution is 5.70. The fourth-order valence-electron chi connectivity index (χ4n) is 1.24. The second kappa shape index (κ2) is 4.93. The van der Waals surface area contributed by atoms with Crippen LogP contribution in [0.5, 0.6) is 0 Å². The number of nitrogens with two attached hydrogens (primary N) is 1. The minimum absolute atomic E-state index is 0.0827. The fourth-order valence-corrected chi connectivity index (χ4v) is 1.24. The van der Waals surface area contributed by atoms with Crippen LogP contribution < -0.4 is 5.73 Å². The van der Waals surface area contributed by atoms with Crippen LogP contribution in [-0.2, 0) is 17.8 Å². The SMILES string of the molecule is NCc1cnc(C(F)F)c(CC(=O)O)c1F.